The molecule has 0 spiro atoms. The Balaban J connectivity index is 1.30. The molecule has 5 heteroatoms. The molecule has 2 aliphatic rings. The van der Waals surface area contributed by atoms with Crippen LogP contribution in [0.2, 0.25) is 0 Å². The number of carbonyl (C=O) groups excluding carboxylic acids is 1. The van der Waals surface area contributed by atoms with Gasteiger partial charge in [-0.2, -0.15) is 0 Å². The highest BCUT2D eigenvalue weighted by Crippen LogP contribution is 2.33. The predicted octanol–water partition coefficient (Wildman–Crippen LogP) is 3.86. The van der Waals surface area contributed by atoms with Gasteiger partial charge < -0.3 is 9.47 Å². The summed E-state index contributed by atoms with van der Waals surface area (Å²) in [4.78, 5) is 24.1. The van der Waals surface area contributed by atoms with Crippen LogP contribution in [0, 0.1) is 5.92 Å². The van der Waals surface area contributed by atoms with Gasteiger partial charge in [-0.3, -0.25) is 9.78 Å². The normalized spacial score (nSPS) is 18.1. The van der Waals surface area contributed by atoms with Crippen LogP contribution in [0.3, 0.4) is 0 Å². The summed E-state index contributed by atoms with van der Waals surface area (Å²) in [5.41, 5.74) is 1.63. The van der Waals surface area contributed by atoms with Crippen LogP contribution in [-0.4, -0.2) is 38.4 Å². The van der Waals surface area contributed by atoms with Crippen molar-refractivity contribution in [2.75, 3.05) is 13.1 Å². The van der Waals surface area contributed by atoms with Gasteiger partial charge in [-0.25, -0.2) is 4.98 Å². The predicted molar refractivity (Wildman–Crippen MR) is 105 cm³/mol. The van der Waals surface area contributed by atoms with E-state index in [-0.39, 0.29) is 5.91 Å². The molecule has 3 aromatic rings. The standard InChI is InChI=1S/C22H24N4O/c27-22(19-7-10-23-20-4-2-1-3-18(19)20)25-12-8-17(9-13-25)21-24-11-14-26(21)15-16-5-6-16/h1-4,7,10-11,14,16-17H,5-6,8-9,12-13,15H2. The van der Waals surface area contributed by atoms with E-state index in [2.05, 4.69) is 20.7 Å². The van der Waals surface area contributed by atoms with Gasteiger partial charge in [-0.15, -0.1) is 0 Å². The summed E-state index contributed by atoms with van der Waals surface area (Å²) in [6, 6.07) is 9.71. The van der Waals surface area contributed by atoms with Crippen LogP contribution in [0.15, 0.2) is 48.9 Å². The van der Waals surface area contributed by atoms with Crippen molar-refractivity contribution in [3.8, 4) is 0 Å². The molecule has 2 aromatic heterocycles. The Hall–Kier alpha value is -2.69. The number of fused-ring (bicyclic) bond motifs is 1. The first-order chi connectivity index (χ1) is 13.3. The molecule has 0 radical (unpaired) electrons. The molecule has 1 saturated carbocycles. The van der Waals surface area contributed by atoms with Gasteiger partial charge in [0.1, 0.15) is 5.82 Å². The second kappa shape index (κ2) is 6.80. The number of hydrogen-bond acceptors (Lipinski definition) is 3. The Morgan fingerprint density at radius 3 is 2.63 bits per heavy atom. The Morgan fingerprint density at radius 2 is 1.81 bits per heavy atom. The molecule has 0 bridgehead atoms. The van der Waals surface area contributed by atoms with Crippen LogP contribution < -0.4 is 0 Å². The molecule has 5 rings (SSSR count). The summed E-state index contributed by atoms with van der Waals surface area (Å²) in [6.07, 6.45) is 10.4. The lowest BCUT2D eigenvalue weighted by Gasteiger charge is -2.32. The van der Waals surface area contributed by atoms with Crippen LogP contribution in [0.5, 0.6) is 0 Å². The molecule has 27 heavy (non-hydrogen) atoms. The van der Waals surface area contributed by atoms with Crippen molar-refractivity contribution in [2.24, 2.45) is 5.92 Å². The first-order valence-corrected chi connectivity index (χ1v) is 9.93. The van der Waals surface area contributed by atoms with Crippen molar-refractivity contribution >= 4 is 16.8 Å². The number of imidazole rings is 1. The Labute approximate surface area is 159 Å². The second-order valence-electron chi connectivity index (χ2n) is 7.82. The highest BCUT2D eigenvalue weighted by molar-refractivity contribution is 6.05. The number of rotatable bonds is 4. The third-order valence-corrected chi connectivity index (χ3v) is 5.93. The summed E-state index contributed by atoms with van der Waals surface area (Å²) in [5, 5.41) is 0.937. The highest BCUT2D eigenvalue weighted by Gasteiger charge is 2.29. The first kappa shape index (κ1) is 16.5. The zero-order valence-electron chi connectivity index (χ0n) is 15.4. The number of piperidine rings is 1. The van der Waals surface area contributed by atoms with Crippen molar-refractivity contribution in [1.82, 2.24) is 19.4 Å². The van der Waals surface area contributed by atoms with Crippen LogP contribution in [-0.2, 0) is 6.54 Å². The van der Waals surface area contributed by atoms with Crippen LogP contribution in [0.1, 0.15) is 47.8 Å². The molecule has 1 aromatic carbocycles. The number of pyridine rings is 1. The molecule has 0 unspecified atom stereocenters. The van der Waals surface area contributed by atoms with E-state index in [0.29, 0.717) is 5.92 Å². The fourth-order valence-electron chi connectivity index (χ4n) is 4.21. The molecular weight excluding hydrogens is 336 g/mol. The lowest BCUT2D eigenvalue weighted by atomic mass is 9.95. The van der Waals surface area contributed by atoms with Crippen molar-refractivity contribution in [3.05, 3.63) is 60.3 Å². The largest absolute Gasteiger partial charge is 0.339 e. The monoisotopic (exact) mass is 360 g/mol. The maximum Gasteiger partial charge on any atom is 0.254 e. The van der Waals surface area contributed by atoms with Gasteiger partial charge in [-0.05, 0) is 43.7 Å². The molecule has 1 saturated heterocycles. The fourth-order valence-corrected chi connectivity index (χ4v) is 4.21. The quantitative estimate of drug-likeness (QED) is 0.710. The minimum atomic E-state index is 0.119. The Kier molecular flexibility index (Phi) is 4.15. The summed E-state index contributed by atoms with van der Waals surface area (Å²) in [5.74, 6) is 2.63. The van der Waals surface area contributed by atoms with Crippen molar-refractivity contribution < 1.29 is 4.79 Å². The van der Waals surface area contributed by atoms with E-state index in [1.807, 2.05) is 41.4 Å². The highest BCUT2D eigenvalue weighted by atomic mass is 16.2. The van der Waals surface area contributed by atoms with Gasteiger partial charge in [0.15, 0.2) is 0 Å². The smallest absolute Gasteiger partial charge is 0.254 e. The third kappa shape index (κ3) is 3.22. The van der Waals surface area contributed by atoms with Gasteiger partial charge in [-0.1, -0.05) is 18.2 Å². The number of hydrogen-bond donors (Lipinski definition) is 0. The Bertz CT molecular complexity index is 962. The average molecular weight is 360 g/mol. The molecule has 3 heterocycles. The number of likely N-dealkylation sites (tertiary alicyclic amines) is 1. The fraction of sp³-hybridized carbons (Fsp3) is 0.409. The van der Waals surface area contributed by atoms with E-state index in [1.54, 1.807) is 6.20 Å². The summed E-state index contributed by atoms with van der Waals surface area (Å²) >= 11 is 0. The summed E-state index contributed by atoms with van der Waals surface area (Å²) in [6.45, 7) is 2.68. The molecular formula is C22H24N4O. The maximum absolute atomic E-state index is 13.1. The van der Waals surface area contributed by atoms with Crippen molar-refractivity contribution in [2.45, 2.75) is 38.1 Å². The van der Waals surface area contributed by atoms with E-state index in [9.17, 15) is 4.79 Å². The molecule has 1 aliphatic carbocycles. The summed E-state index contributed by atoms with van der Waals surface area (Å²) in [7, 11) is 0. The van der Waals surface area contributed by atoms with E-state index in [1.165, 1.54) is 18.7 Å². The topological polar surface area (TPSA) is 51.0 Å². The Morgan fingerprint density at radius 1 is 1.00 bits per heavy atom. The van der Waals surface area contributed by atoms with Crippen LogP contribution in [0.25, 0.3) is 10.9 Å². The van der Waals surface area contributed by atoms with Gasteiger partial charge >= 0.3 is 0 Å². The molecule has 138 valence electrons. The summed E-state index contributed by atoms with van der Waals surface area (Å²) < 4.78 is 2.34. The number of amides is 1. The van der Waals surface area contributed by atoms with Crippen LogP contribution in [0.4, 0.5) is 0 Å². The van der Waals surface area contributed by atoms with E-state index in [4.69, 9.17) is 0 Å². The van der Waals surface area contributed by atoms with Crippen LogP contribution >= 0.6 is 0 Å². The molecule has 1 amide bonds. The number of nitrogens with zero attached hydrogens (tertiary/aromatic N) is 4. The zero-order chi connectivity index (χ0) is 18.2. The number of aromatic nitrogens is 3. The first-order valence-electron chi connectivity index (χ1n) is 9.93. The van der Waals surface area contributed by atoms with Crippen molar-refractivity contribution in [1.29, 1.82) is 0 Å². The third-order valence-electron chi connectivity index (χ3n) is 5.93. The van der Waals surface area contributed by atoms with Gasteiger partial charge in [0.05, 0.1) is 11.1 Å². The lowest BCUT2D eigenvalue weighted by molar-refractivity contribution is 0.0712. The molecule has 5 nitrogen and oxygen atoms in total. The van der Waals surface area contributed by atoms with E-state index in [0.717, 1.165) is 54.9 Å². The maximum atomic E-state index is 13.1. The molecule has 2 fully saturated rings. The second-order valence-corrected chi connectivity index (χ2v) is 7.82. The minimum absolute atomic E-state index is 0.119. The molecule has 0 N–H and O–H groups in total. The number of benzene rings is 1. The molecule has 0 atom stereocenters. The average Bonchev–Trinajstić information content (AvgIpc) is 3.42. The molecule has 1 aliphatic heterocycles. The van der Waals surface area contributed by atoms with Gasteiger partial charge in [0, 0.05) is 49.5 Å². The zero-order valence-corrected chi connectivity index (χ0v) is 15.4. The number of carbonyl (C=O) groups is 1. The lowest BCUT2D eigenvalue weighted by Crippen LogP contribution is -2.38. The van der Waals surface area contributed by atoms with Gasteiger partial charge in [0.2, 0.25) is 0 Å². The SMILES string of the molecule is O=C(c1ccnc2ccccc12)N1CCC(c2nccn2CC2CC2)CC1. The number of para-hydroxylation sites is 1. The van der Waals surface area contributed by atoms with E-state index < -0.39 is 0 Å². The minimum Gasteiger partial charge on any atom is -0.339 e. The van der Waals surface area contributed by atoms with Gasteiger partial charge in [0.25, 0.3) is 5.91 Å². The van der Waals surface area contributed by atoms with Crippen molar-refractivity contribution in [3.63, 3.8) is 0 Å². The van der Waals surface area contributed by atoms with E-state index >= 15 is 0 Å².